The molecule has 4 bridgehead atoms. The first-order valence-corrected chi connectivity index (χ1v) is 17.6. The van der Waals surface area contributed by atoms with Crippen LogP contribution in [0.4, 0.5) is 5.95 Å². The van der Waals surface area contributed by atoms with E-state index in [1.807, 2.05) is 50.2 Å². The summed E-state index contributed by atoms with van der Waals surface area (Å²) in [5.41, 5.74) is 4.80. The minimum Gasteiger partial charge on any atom is -0.477 e. The van der Waals surface area contributed by atoms with E-state index in [9.17, 15) is 18.3 Å². The monoisotopic (exact) mass is 632 g/mol. The highest BCUT2D eigenvalue weighted by molar-refractivity contribution is 7.92. The number of carbonyl (C=O) groups excluding carboxylic acids is 1. The van der Waals surface area contributed by atoms with Crippen molar-refractivity contribution in [3.05, 3.63) is 65.2 Å². The van der Waals surface area contributed by atoms with Gasteiger partial charge in [-0.2, -0.15) is 4.98 Å². The Hall–Kier alpha value is -3.50. The molecule has 3 aromatic rings. The molecule has 45 heavy (non-hydrogen) atoms. The van der Waals surface area contributed by atoms with Gasteiger partial charge in [0, 0.05) is 30.6 Å². The molecule has 1 aromatic heterocycles. The van der Waals surface area contributed by atoms with Gasteiger partial charge in [-0.05, 0) is 97.9 Å². The van der Waals surface area contributed by atoms with Crippen LogP contribution in [0.5, 0.6) is 5.88 Å². The minimum absolute atomic E-state index is 0.0138. The average Bonchev–Trinajstić information content (AvgIpc) is 2.98. The molecule has 0 radical (unpaired) electrons. The van der Waals surface area contributed by atoms with Crippen LogP contribution in [-0.4, -0.2) is 60.6 Å². The van der Waals surface area contributed by atoms with Crippen LogP contribution in [0.25, 0.3) is 11.3 Å². The Kier molecular flexibility index (Phi) is 8.65. The number of amides is 1. The Morgan fingerprint density at radius 3 is 2.42 bits per heavy atom. The van der Waals surface area contributed by atoms with E-state index in [0.29, 0.717) is 43.1 Å². The third kappa shape index (κ3) is 6.45. The number of benzene rings is 2. The Morgan fingerprint density at radius 2 is 1.76 bits per heavy atom. The van der Waals surface area contributed by atoms with E-state index in [1.54, 1.807) is 11.0 Å². The smallest absolute Gasteiger partial charge is 0.264 e. The normalized spacial score (nSPS) is 22.5. The van der Waals surface area contributed by atoms with Gasteiger partial charge < -0.3 is 14.7 Å². The van der Waals surface area contributed by atoms with Gasteiger partial charge in [0.15, 0.2) is 0 Å². The molecule has 6 rings (SSSR count). The Labute approximate surface area is 266 Å². The van der Waals surface area contributed by atoms with Crippen LogP contribution in [-0.2, 0) is 14.8 Å². The third-order valence-corrected chi connectivity index (χ3v) is 11.5. The van der Waals surface area contributed by atoms with Crippen LogP contribution in [0, 0.1) is 37.0 Å². The molecule has 2 atom stereocenters. The Balaban J connectivity index is 1.37. The number of aromatic nitrogens is 2. The van der Waals surface area contributed by atoms with Crippen molar-refractivity contribution in [3.8, 4) is 17.1 Å². The molecule has 2 N–H and O–H groups in total. The van der Waals surface area contributed by atoms with Crippen molar-refractivity contribution in [2.75, 3.05) is 31.0 Å². The molecule has 3 heterocycles. The van der Waals surface area contributed by atoms with Crippen LogP contribution in [0.2, 0.25) is 0 Å². The molecule has 1 saturated heterocycles. The van der Waals surface area contributed by atoms with Crippen molar-refractivity contribution in [1.29, 1.82) is 0 Å². The van der Waals surface area contributed by atoms with Crippen molar-refractivity contribution in [2.24, 2.45) is 23.2 Å². The third-order valence-electron chi connectivity index (χ3n) is 10.2. The largest absolute Gasteiger partial charge is 0.477 e. The predicted octanol–water partition coefficient (Wildman–Crippen LogP) is 5.71. The maximum absolute atomic E-state index is 13.8. The van der Waals surface area contributed by atoms with Gasteiger partial charge in [0.25, 0.3) is 10.0 Å². The standard InChI is InChI=1S/C35H44N4O5S/c1-22(2)15-26-21-44-30-17-29(32-23(3)7-5-8-24(32)4)36-34(37-30)38-45(42,43)28-10-6-9-25(16-28)33(26)27-18-35(19-27)11-13-39(14-12-35)31(41)20-40/h5-10,16-17,22,26-27,33,40H,11-15,18-21H2,1-4H3,(H,36,37,38)/t26-,33?/m1/s1. The maximum atomic E-state index is 13.8. The lowest BCUT2D eigenvalue weighted by atomic mass is 9.52. The lowest BCUT2D eigenvalue weighted by Crippen LogP contribution is -2.51. The summed E-state index contributed by atoms with van der Waals surface area (Å²) >= 11 is 0. The zero-order valence-corrected chi connectivity index (χ0v) is 27.4. The van der Waals surface area contributed by atoms with E-state index in [-0.39, 0.29) is 34.0 Å². The molecule has 10 heteroatoms. The number of carbonyl (C=O) groups is 1. The first-order chi connectivity index (χ1) is 21.5. The second-order valence-electron chi connectivity index (χ2n) is 13.8. The molecule has 1 amide bonds. The molecule has 240 valence electrons. The first kappa shape index (κ1) is 31.5. The van der Waals surface area contributed by atoms with Crippen molar-refractivity contribution in [3.63, 3.8) is 0 Å². The van der Waals surface area contributed by atoms with Gasteiger partial charge in [0.2, 0.25) is 17.7 Å². The van der Waals surface area contributed by atoms with E-state index in [4.69, 9.17) is 4.74 Å². The number of aliphatic hydroxyl groups excluding tert-OH is 1. The van der Waals surface area contributed by atoms with E-state index in [2.05, 4.69) is 34.6 Å². The summed E-state index contributed by atoms with van der Waals surface area (Å²) in [4.78, 5) is 23.2. The minimum atomic E-state index is -3.98. The lowest BCUT2D eigenvalue weighted by Gasteiger charge is -2.55. The fraction of sp³-hybridized carbons (Fsp3) is 0.514. The summed E-state index contributed by atoms with van der Waals surface area (Å²) in [6.45, 7) is 9.82. The van der Waals surface area contributed by atoms with Crippen molar-refractivity contribution in [1.82, 2.24) is 14.9 Å². The van der Waals surface area contributed by atoms with Crippen LogP contribution in [0.3, 0.4) is 0 Å². The molecule has 2 aromatic carbocycles. The number of sulfonamides is 1. The molecular weight excluding hydrogens is 588 g/mol. The van der Waals surface area contributed by atoms with Gasteiger partial charge in [-0.15, -0.1) is 0 Å². The summed E-state index contributed by atoms with van der Waals surface area (Å²) in [5.74, 6) is 1.14. The van der Waals surface area contributed by atoms with Crippen molar-refractivity contribution in [2.45, 2.75) is 70.6 Å². The number of aryl methyl sites for hydroxylation is 2. The lowest BCUT2D eigenvalue weighted by molar-refractivity contribution is -0.138. The number of ether oxygens (including phenoxy) is 1. The fourth-order valence-electron chi connectivity index (χ4n) is 8.05. The van der Waals surface area contributed by atoms with E-state index < -0.39 is 16.6 Å². The number of nitrogens with one attached hydrogen (secondary N) is 1. The number of aliphatic hydroxyl groups is 1. The molecule has 1 unspecified atom stereocenters. The van der Waals surface area contributed by atoms with Crippen molar-refractivity contribution >= 4 is 21.9 Å². The van der Waals surface area contributed by atoms with E-state index in [1.165, 1.54) is 0 Å². The molecular formula is C35H44N4O5S. The van der Waals surface area contributed by atoms with Gasteiger partial charge in [-0.1, -0.05) is 44.2 Å². The molecule has 1 saturated carbocycles. The SMILES string of the molecule is Cc1cccc(C)c1-c1cc2nc(n1)NS(=O)(=O)c1cccc(c1)C(C1CC3(CCN(C(=O)CO)CC3)C1)[C@H](CC(C)C)CO2. The van der Waals surface area contributed by atoms with Gasteiger partial charge in [0.05, 0.1) is 17.2 Å². The van der Waals surface area contributed by atoms with Gasteiger partial charge >= 0.3 is 0 Å². The molecule has 1 spiro atoms. The Bertz CT molecular complexity index is 1650. The molecule has 2 fully saturated rings. The van der Waals surface area contributed by atoms with E-state index in [0.717, 1.165) is 54.4 Å². The summed E-state index contributed by atoms with van der Waals surface area (Å²) in [6, 6.07) is 15.2. The van der Waals surface area contributed by atoms with Crippen LogP contribution in [0.1, 0.15) is 68.6 Å². The first-order valence-electron chi connectivity index (χ1n) is 16.1. The Morgan fingerprint density at radius 1 is 1.07 bits per heavy atom. The number of hydrogen-bond acceptors (Lipinski definition) is 7. The number of nitrogens with zero attached hydrogens (tertiary/aromatic N) is 3. The predicted molar refractivity (Wildman–Crippen MR) is 173 cm³/mol. The second kappa shape index (κ2) is 12.4. The number of piperidine rings is 1. The van der Waals surface area contributed by atoms with Gasteiger partial charge in [-0.25, -0.2) is 18.1 Å². The highest BCUT2D eigenvalue weighted by Crippen LogP contribution is 2.59. The average molecular weight is 633 g/mol. The van der Waals surface area contributed by atoms with Crippen LogP contribution < -0.4 is 9.46 Å². The highest BCUT2D eigenvalue weighted by Gasteiger charge is 2.50. The number of fused-ring (bicyclic) bond motifs is 4. The number of rotatable bonds is 5. The quantitative estimate of drug-likeness (QED) is 0.370. The summed E-state index contributed by atoms with van der Waals surface area (Å²) < 4.78 is 36.7. The molecule has 1 aliphatic carbocycles. The number of anilines is 1. The van der Waals surface area contributed by atoms with Gasteiger partial charge in [0.1, 0.15) is 6.61 Å². The zero-order valence-electron chi connectivity index (χ0n) is 26.6. The van der Waals surface area contributed by atoms with E-state index >= 15 is 0 Å². The topological polar surface area (TPSA) is 122 Å². The second-order valence-corrected chi connectivity index (χ2v) is 15.5. The molecule has 2 aliphatic heterocycles. The molecule has 3 aliphatic rings. The van der Waals surface area contributed by atoms with Gasteiger partial charge in [-0.3, -0.25) is 4.79 Å². The maximum Gasteiger partial charge on any atom is 0.264 e. The van der Waals surface area contributed by atoms with Crippen LogP contribution in [0.15, 0.2) is 53.4 Å². The summed E-state index contributed by atoms with van der Waals surface area (Å²) in [6.07, 6.45) is 4.82. The summed E-state index contributed by atoms with van der Waals surface area (Å²) in [7, 11) is -3.98. The number of likely N-dealkylation sites (tertiary alicyclic amines) is 1. The number of hydrogen-bond donors (Lipinski definition) is 2. The molecule has 9 nitrogen and oxygen atoms in total. The zero-order chi connectivity index (χ0) is 31.9. The van der Waals surface area contributed by atoms with Crippen LogP contribution >= 0.6 is 0 Å². The fourth-order valence-corrected chi connectivity index (χ4v) is 9.05. The summed E-state index contributed by atoms with van der Waals surface area (Å²) in [5, 5.41) is 9.32. The van der Waals surface area contributed by atoms with Crippen molar-refractivity contribution < 1.29 is 23.1 Å². The highest BCUT2D eigenvalue weighted by atomic mass is 32.2.